The van der Waals surface area contributed by atoms with E-state index in [1.54, 1.807) is 42.9 Å². The fraction of sp³-hybridized carbons (Fsp3) is 0.0476. The molecule has 2 heterocycles. The molecule has 4 aromatic rings. The highest BCUT2D eigenvalue weighted by Gasteiger charge is 2.11. The number of benzene rings is 2. The van der Waals surface area contributed by atoms with E-state index in [1.165, 1.54) is 6.08 Å². The standard InChI is InChI=1S/C21H16N2O3S/c1-25-18-10-8-14(21-23-16-6-2-3-7-19(16)27-21)13-17(18)22-20(24)11-9-15-5-4-12-26-15/h2-13H,1H3,(H,22,24)/b11-9+. The predicted octanol–water partition coefficient (Wildman–Crippen LogP) is 5.22. The van der Waals surface area contributed by atoms with Crippen molar-refractivity contribution in [1.29, 1.82) is 0 Å². The number of hydrogen-bond donors (Lipinski definition) is 1. The van der Waals surface area contributed by atoms with Crippen LogP contribution >= 0.6 is 11.3 Å². The van der Waals surface area contributed by atoms with Gasteiger partial charge < -0.3 is 14.5 Å². The zero-order valence-electron chi connectivity index (χ0n) is 14.5. The Kier molecular flexibility index (Phi) is 4.72. The van der Waals surface area contributed by atoms with Crippen molar-refractivity contribution in [2.24, 2.45) is 0 Å². The molecule has 0 aliphatic rings. The van der Waals surface area contributed by atoms with E-state index >= 15 is 0 Å². The van der Waals surface area contributed by atoms with Gasteiger partial charge in [0.2, 0.25) is 5.91 Å². The molecule has 6 heteroatoms. The largest absolute Gasteiger partial charge is 0.495 e. The summed E-state index contributed by atoms with van der Waals surface area (Å²) in [6.07, 6.45) is 4.59. The summed E-state index contributed by atoms with van der Waals surface area (Å²) >= 11 is 1.61. The molecule has 0 unspecified atom stereocenters. The molecule has 4 rings (SSSR count). The number of carbonyl (C=O) groups is 1. The number of fused-ring (bicyclic) bond motifs is 1. The molecule has 0 saturated carbocycles. The summed E-state index contributed by atoms with van der Waals surface area (Å²) in [5.41, 5.74) is 2.46. The highest BCUT2D eigenvalue weighted by atomic mass is 32.1. The first kappa shape index (κ1) is 17.1. The number of amides is 1. The minimum absolute atomic E-state index is 0.272. The molecular formula is C21H16N2O3S. The molecule has 0 bridgehead atoms. The number of nitrogens with zero attached hydrogens (tertiary/aromatic N) is 1. The van der Waals surface area contributed by atoms with Crippen LogP contribution in [-0.4, -0.2) is 18.0 Å². The number of carbonyl (C=O) groups excluding carboxylic acids is 1. The second-order valence-electron chi connectivity index (χ2n) is 5.74. The lowest BCUT2D eigenvalue weighted by atomic mass is 10.2. The van der Waals surface area contributed by atoms with Crippen molar-refractivity contribution in [3.05, 3.63) is 72.7 Å². The molecule has 0 spiro atoms. The van der Waals surface area contributed by atoms with Crippen molar-refractivity contribution < 1.29 is 13.9 Å². The van der Waals surface area contributed by atoms with Gasteiger partial charge in [0.05, 0.1) is 29.3 Å². The smallest absolute Gasteiger partial charge is 0.248 e. The average molecular weight is 376 g/mol. The second-order valence-corrected chi connectivity index (χ2v) is 6.77. The lowest BCUT2D eigenvalue weighted by molar-refractivity contribution is -0.111. The highest BCUT2D eigenvalue weighted by molar-refractivity contribution is 7.21. The SMILES string of the molecule is COc1ccc(-c2nc3ccccc3s2)cc1NC(=O)/C=C/c1ccco1. The van der Waals surface area contributed by atoms with Gasteiger partial charge in [-0.2, -0.15) is 0 Å². The van der Waals surface area contributed by atoms with Crippen molar-refractivity contribution in [2.45, 2.75) is 0 Å². The van der Waals surface area contributed by atoms with Crippen molar-refractivity contribution in [1.82, 2.24) is 4.98 Å². The normalized spacial score (nSPS) is 11.1. The second kappa shape index (κ2) is 7.47. The van der Waals surface area contributed by atoms with E-state index in [4.69, 9.17) is 9.15 Å². The molecule has 0 aliphatic heterocycles. The molecule has 0 fully saturated rings. The molecule has 0 saturated heterocycles. The van der Waals surface area contributed by atoms with E-state index < -0.39 is 0 Å². The Labute approximate surface area is 159 Å². The van der Waals surface area contributed by atoms with Crippen LogP contribution in [-0.2, 0) is 4.79 Å². The zero-order chi connectivity index (χ0) is 18.6. The molecule has 0 aliphatic carbocycles. The number of aromatic nitrogens is 1. The summed E-state index contributed by atoms with van der Waals surface area (Å²) in [5.74, 6) is 0.922. The number of ether oxygens (including phenoxy) is 1. The predicted molar refractivity (Wildman–Crippen MR) is 108 cm³/mol. The lowest BCUT2D eigenvalue weighted by Crippen LogP contribution is -2.09. The Morgan fingerprint density at radius 2 is 2.07 bits per heavy atom. The molecular weight excluding hydrogens is 360 g/mol. The van der Waals surface area contributed by atoms with Gasteiger partial charge in [0.15, 0.2) is 0 Å². The van der Waals surface area contributed by atoms with Gasteiger partial charge in [-0.1, -0.05) is 12.1 Å². The number of methoxy groups -OCH3 is 1. The number of para-hydroxylation sites is 1. The van der Waals surface area contributed by atoms with Crippen molar-refractivity contribution >= 4 is 39.2 Å². The van der Waals surface area contributed by atoms with Crippen LogP contribution in [0.2, 0.25) is 0 Å². The van der Waals surface area contributed by atoms with Crippen LogP contribution in [0.4, 0.5) is 5.69 Å². The fourth-order valence-corrected chi connectivity index (χ4v) is 3.61. The van der Waals surface area contributed by atoms with Gasteiger partial charge in [0.1, 0.15) is 16.5 Å². The quantitative estimate of drug-likeness (QED) is 0.485. The third-order valence-corrected chi connectivity index (χ3v) is 5.03. The monoisotopic (exact) mass is 376 g/mol. The minimum Gasteiger partial charge on any atom is -0.495 e. The topological polar surface area (TPSA) is 64.4 Å². The third kappa shape index (κ3) is 3.75. The summed E-state index contributed by atoms with van der Waals surface area (Å²) < 4.78 is 11.7. The van der Waals surface area contributed by atoms with Gasteiger partial charge in [-0.15, -0.1) is 11.3 Å². The summed E-state index contributed by atoms with van der Waals surface area (Å²) in [6.45, 7) is 0. The molecule has 1 N–H and O–H groups in total. The Balaban J connectivity index is 1.61. The van der Waals surface area contributed by atoms with Crippen LogP contribution in [0.3, 0.4) is 0 Å². The van der Waals surface area contributed by atoms with E-state index in [0.29, 0.717) is 17.2 Å². The maximum atomic E-state index is 12.3. The lowest BCUT2D eigenvalue weighted by Gasteiger charge is -2.10. The summed E-state index contributed by atoms with van der Waals surface area (Å²) in [4.78, 5) is 16.9. The molecule has 27 heavy (non-hydrogen) atoms. The molecule has 0 atom stereocenters. The summed E-state index contributed by atoms with van der Waals surface area (Å²) in [7, 11) is 1.57. The first-order chi connectivity index (χ1) is 13.2. The van der Waals surface area contributed by atoms with Crippen LogP contribution < -0.4 is 10.1 Å². The van der Waals surface area contributed by atoms with Gasteiger partial charge in [-0.05, 0) is 48.5 Å². The van der Waals surface area contributed by atoms with Crippen molar-refractivity contribution in [3.63, 3.8) is 0 Å². The van der Waals surface area contributed by atoms with Crippen LogP contribution in [0.1, 0.15) is 5.76 Å². The van der Waals surface area contributed by atoms with Gasteiger partial charge in [-0.25, -0.2) is 4.98 Å². The molecule has 5 nitrogen and oxygen atoms in total. The van der Waals surface area contributed by atoms with Gasteiger partial charge in [0.25, 0.3) is 0 Å². The van der Waals surface area contributed by atoms with E-state index in [2.05, 4.69) is 10.3 Å². The molecule has 1 amide bonds. The Morgan fingerprint density at radius 1 is 1.19 bits per heavy atom. The van der Waals surface area contributed by atoms with Crippen LogP contribution in [0, 0.1) is 0 Å². The van der Waals surface area contributed by atoms with E-state index in [0.717, 1.165) is 20.8 Å². The number of furan rings is 1. The Morgan fingerprint density at radius 3 is 2.85 bits per heavy atom. The minimum atomic E-state index is -0.272. The number of thiazole rings is 1. The van der Waals surface area contributed by atoms with Gasteiger partial charge in [0, 0.05) is 11.6 Å². The summed E-state index contributed by atoms with van der Waals surface area (Å²) in [5, 5.41) is 3.74. The first-order valence-electron chi connectivity index (χ1n) is 8.29. The number of anilines is 1. The first-order valence-corrected chi connectivity index (χ1v) is 9.11. The summed E-state index contributed by atoms with van der Waals surface area (Å²) in [6, 6.07) is 17.2. The van der Waals surface area contributed by atoms with Crippen molar-refractivity contribution in [2.75, 3.05) is 12.4 Å². The van der Waals surface area contributed by atoms with E-state index in [9.17, 15) is 4.79 Å². The Bertz CT molecular complexity index is 1080. The van der Waals surface area contributed by atoms with Crippen LogP contribution in [0.5, 0.6) is 5.75 Å². The Hall–Kier alpha value is -3.38. The number of rotatable bonds is 5. The average Bonchev–Trinajstić information content (AvgIpc) is 3.35. The number of nitrogens with one attached hydrogen (secondary N) is 1. The van der Waals surface area contributed by atoms with Gasteiger partial charge in [-0.3, -0.25) is 4.79 Å². The highest BCUT2D eigenvalue weighted by Crippen LogP contribution is 2.34. The van der Waals surface area contributed by atoms with Crippen molar-refractivity contribution in [3.8, 4) is 16.3 Å². The fourth-order valence-electron chi connectivity index (χ4n) is 2.65. The molecule has 134 valence electrons. The maximum absolute atomic E-state index is 12.3. The van der Waals surface area contributed by atoms with E-state index in [1.807, 2.05) is 42.5 Å². The molecule has 2 aromatic carbocycles. The van der Waals surface area contributed by atoms with Crippen LogP contribution in [0.25, 0.3) is 26.9 Å². The van der Waals surface area contributed by atoms with Gasteiger partial charge >= 0.3 is 0 Å². The third-order valence-electron chi connectivity index (χ3n) is 3.94. The van der Waals surface area contributed by atoms with Crippen LogP contribution in [0.15, 0.2) is 71.4 Å². The molecule has 0 radical (unpaired) electrons. The molecule has 2 aromatic heterocycles. The maximum Gasteiger partial charge on any atom is 0.248 e. The number of hydrogen-bond acceptors (Lipinski definition) is 5. The van der Waals surface area contributed by atoms with E-state index in [-0.39, 0.29) is 5.91 Å². The zero-order valence-corrected chi connectivity index (χ0v) is 15.3.